The number of aryl methyl sites for hydroxylation is 1. The highest BCUT2D eigenvalue weighted by atomic mass is 16.1. The maximum absolute atomic E-state index is 12.0. The van der Waals surface area contributed by atoms with Crippen molar-refractivity contribution in [1.29, 1.82) is 0 Å². The van der Waals surface area contributed by atoms with Crippen LogP contribution >= 0.6 is 0 Å². The van der Waals surface area contributed by atoms with Crippen LogP contribution in [-0.2, 0) is 0 Å². The van der Waals surface area contributed by atoms with Crippen LogP contribution in [0.1, 0.15) is 41.6 Å². The lowest BCUT2D eigenvalue weighted by Gasteiger charge is -2.22. The van der Waals surface area contributed by atoms with Crippen LogP contribution in [0.2, 0.25) is 0 Å². The van der Waals surface area contributed by atoms with Crippen molar-refractivity contribution in [3.63, 3.8) is 0 Å². The molecule has 0 aliphatic carbocycles. The number of benzene rings is 1. The first kappa shape index (κ1) is 12.3. The molecule has 0 aromatic heterocycles. The lowest BCUT2D eigenvalue weighted by molar-refractivity contribution is 0.0971. The quantitative estimate of drug-likeness (QED) is 0.807. The van der Waals surface area contributed by atoms with Gasteiger partial charge in [0.1, 0.15) is 0 Å². The Morgan fingerprint density at radius 2 is 2.12 bits per heavy atom. The minimum Gasteiger partial charge on any atom is -0.316 e. The van der Waals surface area contributed by atoms with Crippen molar-refractivity contribution in [2.75, 3.05) is 13.1 Å². The molecule has 2 nitrogen and oxygen atoms in total. The fraction of sp³-hybridized carbons (Fsp3) is 0.533. The summed E-state index contributed by atoms with van der Waals surface area (Å²) in [4.78, 5) is 12.0. The molecule has 0 saturated carbocycles. The van der Waals surface area contributed by atoms with Crippen LogP contribution in [0.15, 0.2) is 24.3 Å². The molecule has 2 heteroatoms. The predicted octanol–water partition coefficient (Wildman–Crippen LogP) is 2.96. The van der Waals surface area contributed by atoms with Crippen LogP contribution in [-0.4, -0.2) is 18.9 Å². The highest BCUT2D eigenvalue weighted by Crippen LogP contribution is 2.17. The number of carbonyl (C=O) groups excluding carboxylic acids is 1. The summed E-state index contributed by atoms with van der Waals surface area (Å²) in [6.07, 6.45) is 4.24. The van der Waals surface area contributed by atoms with E-state index in [1.54, 1.807) is 0 Å². The molecule has 1 atom stereocenters. The van der Waals surface area contributed by atoms with E-state index < -0.39 is 0 Å². The van der Waals surface area contributed by atoms with Gasteiger partial charge in [-0.25, -0.2) is 0 Å². The van der Waals surface area contributed by atoms with Crippen molar-refractivity contribution in [2.24, 2.45) is 5.92 Å². The second kappa shape index (κ2) is 5.97. The molecule has 1 aliphatic rings. The van der Waals surface area contributed by atoms with Crippen LogP contribution in [0.5, 0.6) is 0 Å². The third-order valence-corrected chi connectivity index (χ3v) is 3.55. The van der Waals surface area contributed by atoms with Gasteiger partial charge in [0.05, 0.1) is 0 Å². The molecule has 0 bridgehead atoms. The summed E-state index contributed by atoms with van der Waals surface area (Å²) >= 11 is 0. The summed E-state index contributed by atoms with van der Waals surface area (Å²) in [5, 5.41) is 3.39. The summed E-state index contributed by atoms with van der Waals surface area (Å²) in [5.41, 5.74) is 2.07. The highest BCUT2D eigenvalue weighted by molar-refractivity contribution is 5.96. The Labute approximate surface area is 103 Å². The van der Waals surface area contributed by atoms with E-state index in [2.05, 4.69) is 5.32 Å². The van der Waals surface area contributed by atoms with Crippen molar-refractivity contribution in [2.45, 2.75) is 32.6 Å². The van der Waals surface area contributed by atoms with E-state index in [9.17, 15) is 4.79 Å². The molecule has 92 valence electrons. The molecule has 1 aliphatic heterocycles. The number of rotatable bonds is 4. The number of hydrogen-bond acceptors (Lipinski definition) is 2. The minimum absolute atomic E-state index is 0.288. The molecule has 1 aromatic carbocycles. The molecule has 1 heterocycles. The van der Waals surface area contributed by atoms with Gasteiger partial charge in [-0.15, -0.1) is 0 Å². The van der Waals surface area contributed by atoms with Crippen LogP contribution in [0.4, 0.5) is 0 Å². The second-order valence-corrected chi connectivity index (χ2v) is 5.04. The largest absolute Gasteiger partial charge is 0.316 e. The normalized spacial score (nSPS) is 20.2. The molecule has 0 spiro atoms. The van der Waals surface area contributed by atoms with E-state index in [1.165, 1.54) is 18.4 Å². The maximum Gasteiger partial charge on any atom is 0.162 e. The average Bonchev–Trinajstić information content (AvgIpc) is 2.38. The van der Waals surface area contributed by atoms with Gasteiger partial charge in [0.15, 0.2) is 5.78 Å². The number of Topliss-reactive ketones (excluding diaryl/α,β-unsaturated/α-hetero) is 1. The van der Waals surface area contributed by atoms with Gasteiger partial charge in [-0.3, -0.25) is 4.79 Å². The lowest BCUT2D eigenvalue weighted by atomic mass is 9.92. The van der Waals surface area contributed by atoms with Gasteiger partial charge in [-0.2, -0.15) is 0 Å². The Hall–Kier alpha value is -1.15. The number of carbonyl (C=O) groups is 1. The van der Waals surface area contributed by atoms with Crippen molar-refractivity contribution in [3.05, 3.63) is 35.4 Å². The zero-order valence-corrected chi connectivity index (χ0v) is 10.5. The number of piperidine rings is 1. The Morgan fingerprint density at radius 3 is 2.76 bits per heavy atom. The van der Waals surface area contributed by atoms with Crippen LogP contribution < -0.4 is 5.32 Å². The SMILES string of the molecule is Cc1ccc(C(=O)CCC2CCCNC2)cc1. The Balaban J connectivity index is 1.82. The van der Waals surface area contributed by atoms with E-state index >= 15 is 0 Å². The van der Waals surface area contributed by atoms with Crippen molar-refractivity contribution in [3.8, 4) is 0 Å². The summed E-state index contributed by atoms with van der Waals surface area (Å²) < 4.78 is 0. The smallest absolute Gasteiger partial charge is 0.162 e. The molecule has 1 fully saturated rings. The standard InChI is InChI=1S/C15H21NO/c1-12-4-7-14(8-5-12)15(17)9-6-13-3-2-10-16-11-13/h4-5,7-8,13,16H,2-3,6,9-11H2,1H3. The summed E-state index contributed by atoms with van der Waals surface area (Å²) in [6, 6.07) is 7.90. The van der Waals surface area contributed by atoms with Crippen molar-refractivity contribution in [1.82, 2.24) is 5.32 Å². The first-order chi connectivity index (χ1) is 8.25. The fourth-order valence-electron chi connectivity index (χ4n) is 2.39. The zero-order chi connectivity index (χ0) is 12.1. The van der Waals surface area contributed by atoms with Gasteiger partial charge in [-0.05, 0) is 45.2 Å². The third-order valence-electron chi connectivity index (χ3n) is 3.55. The van der Waals surface area contributed by atoms with E-state index in [0.29, 0.717) is 12.3 Å². The monoisotopic (exact) mass is 231 g/mol. The van der Waals surface area contributed by atoms with E-state index in [0.717, 1.165) is 25.1 Å². The van der Waals surface area contributed by atoms with E-state index in [-0.39, 0.29) is 5.78 Å². The topological polar surface area (TPSA) is 29.1 Å². The highest BCUT2D eigenvalue weighted by Gasteiger charge is 2.14. The van der Waals surface area contributed by atoms with E-state index in [4.69, 9.17) is 0 Å². The van der Waals surface area contributed by atoms with E-state index in [1.807, 2.05) is 31.2 Å². The summed E-state index contributed by atoms with van der Waals surface area (Å²) in [6.45, 7) is 4.27. The minimum atomic E-state index is 0.288. The number of hydrogen-bond donors (Lipinski definition) is 1. The Kier molecular flexibility index (Phi) is 4.32. The van der Waals surface area contributed by atoms with Gasteiger partial charge in [0.2, 0.25) is 0 Å². The molecule has 1 N–H and O–H groups in total. The molecule has 1 aromatic rings. The fourth-order valence-corrected chi connectivity index (χ4v) is 2.39. The van der Waals surface area contributed by atoms with Gasteiger partial charge in [0, 0.05) is 12.0 Å². The lowest BCUT2D eigenvalue weighted by Crippen LogP contribution is -2.30. The predicted molar refractivity (Wildman–Crippen MR) is 70.3 cm³/mol. The molecule has 17 heavy (non-hydrogen) atoms. The third kappa shape index (κ3) is 3.67. The zero-order valence-electron chi connectivity index (χ0n) is 10.5. The van der Waals surface area contributed by atoms with Crippen molar-refractivity contribution < 1.29 is 4.79 Å². The Bertz CT molecular complexity index is 363. The van der Waals surface area contributed by atoms with Gasteiger partial charge in [-0.1, -0.05) is 29.8 Å². The molecule has 0 radical (unpaired) electrons. The molecule has 2 rings (SSSR count). The van der Waals surface area contributed by atoms with Crippen LogP contribution in [0.25, 0.3) is 0 Å². The summed E-state index contributed by atoms with van der Waals surface area (Å²) in [5.74, 6) is 0.980. The molecule has 1 saturated heterocycles. The van der Waals surface area contributed by atoms with Crippen LogP contribution in [0.3, 0.4) is 0 Å². The van der Waals surface area contributed by atoms with Gasteiger partial charge in [0.25, 0.3) is 0 Å². The molecule has 1 unspecified atom stereocenters. The maximum atomic E-state index is 12.0. The number of nitrogens with one attached hydrogen (secondary N) is 1. The average molecular weight is 231 g/mol. The van der Waals surface area contributed by atoms with Gasteiger partial charge >= 0.3 is 0 Å². The van der Waals surface area contributed by atoms with Crippen LogP contribution in [0, 0.1) is 12.8 Å². The number of ketones is 1. The molecule has 0 amide bonds. The molecular formula is C15H21NO. The summed E-state index contributed by atoms with van der Waals surface area (Å²) in [7, 11) is 0. The van der Waals surface area contributed by atoms with Gasteiger partial charge < -0.3 is 5.32 Å². The molecular weight excluding hydrogens is 210 g/mol. The first-order valence-electron chi connectivity index (χ1n) is 6.56. The first-order valence-corrected chi connectivity index (χ1v) is 6.56. The Morgan fingerprint density at radius 1 is 1.35 bits per heavy atom. The van der Waals surface area contributed by atoms with Crippen molar-refractivity contribution >= 4 is 5.78 Å². The second-order valence-electron chi connectivity index (χ2n) is 5.04.